The van der Waals surface area contributed by atoms with Gasteiger partial charge in [-0.15, -0.1) is 0 Å². The lowest BCUT2D eigenvalue weighted by molar-refractivity contribution is 0.0174. The lowest BCUT2D eigenvalue weighted by atomic mass is 9.89. The molecule has 0 aliphatic carbocycles. The van der Waals surface area contributed by atoms with Crippen molar-refractivity contribution < 1.29 is 18.7 Å². The molecular formula is C19H16O4. The number of ketones is 1. The summed E-state index contributed by atoms with van der Waals surface area (Å²) in [7, 11) is 0. The molecule has 23 heavy (non-hydrogen) atoms. The third-order valence-electron chi connectivity index (χ3n) is 3.57. The van der Waals surface area contributed by atoms with Crippen LogP contribution in [0.2, 0.25) is 0 Å². The maximum absolute atomic E-state index is 12.6. The quantitative estimate of drug-likeness (QED) is 0.698. The Morgan fingerprint density at radius 1 is 1.00 bits per heavy atom. The van der Waals surface area contributed by atoms with E-state index in [9.17, 15) is 9.90 Å². The van der Waals surface area contributed by atoms with E-state index in [-0.39, 0.29) is 17.9 Å². The molecule has 1 atom stereocenters. The van der Waals surface area contributed by atoms with E-state index >= 15 is 0 Å². The van der Waals surface area contributed by atoms with Crippen LogP contribution in [0.1, 0.15) is 28.3 Å². The van der Waals surface area contributed by atoms with Crippen molar-refractivity contribution in [2.24, 2.45) is 0 Å². The molecule has 3 rings (SSSR count). The van der Waals surface area contributed by atoms with Gasteiger partial charge < -0.3 is 13.9 Å². The SMILES string of the molecule is O=C(c1ccco1)C(O)(C/C=C/c1ccccc1)c1ccco1. The van der Waals surface area contributed by atoms with Crippen LogP contribution >= 0.6 is 0 Å². The van der Waals surface area contributed by atoms with Gasteiger partial charge in [0.05, 0.1) is 12.5 Å². The molecule has 0 saturated carbocycles. The van der Waals surface area contributed by atoms with Gasteiger partial charge in [-0.05, 0) is 29.8 Å². The standard InChI is InChI=1S/C19H16O4/c20-18(16-10-5-13-22-16)19(21,17-11-6-14-23-17)12-4-9-15-7-2-1-3-8-15/h1-11,13-14,21H,12H2/b9-4+. The molecule has 0 aliphatic rings. The summed E-state index contributed by atoms with van der Waals surface area (Å²) in [6.45, 7) is 0. The minimum absolute atomic E-state index is 0.0783. The second-order valence-electron chi connectivity index (χ2n) is 5.16. The predicted octanol–water partition coefficient (Wildman–Crippen LogP) is 4.05. The van der Waals surface area contributed by atoms with Crippen molar-refractivity contribution in [2.45, 2.75) is 12.0 Å². The number of furan rings is 2. The van der Waals surface area contributed by atoms with Crippen LogP contribution in [0.3, 0.4) is 0 Å². The number of carbonyl (C=O) groups excluding carboxylic acids is 1. The molecule has 3 aromatic rings. The van der Waals surface area contributed by atoms with Gasteiger partial charge in [-0.2, -0.15) is 0 Å². The average Bonchev–Trinajstić information content (AvgIpc) is 3.28. The molecular weight excluding hydrogens is 292 g/mol. The molecule has 1 unspecified atom stereocenters. The Kier molecular flexibility index (Phi) is 4.26. The smallest absolute Gasteiger partial charge is 0.237 e. The molecule has 0 spiro atoms. The summed E-state index contributed by atoms with van der Waals surface area (Å²) in [5.41, 5.74) is -0.813. The van der Waals surface area contributed by atoms with E-state index in [1.807, 2.05) is 36.4 Å². The van der Waals surface area contributed by atoms with E-state index in [4.69, 9.17) is 8.83 Å². The van der Waals surface area contributed by atoms with Crippen LogP contribution in [0, 0.1) is 0 Å². The number of rotatable bonds is 6. The van der Waals surface area contributed by atoms with Gasteiger partial charge in [0.2, 0.25) is 5.78 Å². The first kappa shape index (κ1) is 15.1. The molecule has 4 nitrogen and oxygen atoms in total. The topological polar surface area (TPSA) is 63.6 Å². The minimum atomic E-state index is -1.80. The first-order chi connectivity index (χ1) is 11.2. The largest absolute Gasteiger partial charge is 0.466 e. The van der Waals surface area contributed by atoms with Crippen molar-refractivity contribution >= 4 is 11.9 Å². The first-order valence-corrected chi connectivity index (χ1v) is 7.26. The number of benzene rings is 1. The highest BCUT2D eigenvalue weighted by molar-refractivity contribution is 6.00. The Morgan fingerprint density at radius 2 is 1.74 bits per heavy atom. The zero-order valence-corrected chi connectivity index (χ0v) is 12.4. The van der Waals surface area contributed by atoms with Gasteiger partial charge in [0, 0.05) is 6.42 Å². The molecule has 2 heterocycles. The molecule has 1 aromatic carbocycles. The van der Waals surface area contributed by atoms with Gasteiger partial charge >= 0.3 is 0 Å². The average molecular weight is 308 g/mol. The van der Waals surface area contributed by atoms with E-state index in [0.717, 1.165) is 5.56 Å². The van der Waals surface area contributed by atoms with E-state index in [1.54, 1.807) is 24.3 Å². The molecule has 0 saturated heterocycles. The lowest BCUT2D eigenvalue weighted by Crippen LogP contribution is -2.34. The van der Waals surface area contributed by atoms with Gasteiger partial charge in [-0.25, -0.2) is 0 Å². The summed E-state index contributed by atoms with van der Waals surface area (Å²) >= 11 is 0. The predicted molar refractivity (Wildman–Crippen MR) is 85.7 cm³/mol. The summed E-state index contributed by atoms with van der Waals surface area (Å²) < 4.78 is 10.4. The molecule has 2 aromatic heterocycles. The van der Waals surface area contributed by atoms with Crippen LogP contribution in [-0.2, 0) is 5.60 Å². The van der Waals surface area contributed by atoms with Crippen molar-refractivity contribution in [2.75, 3.05) is 0 Å². The summed E-state index contributed by atoms with van der Waals surface area (Å²) in [6.07, 6.45) is 6.50. The fourth-order valence-electron chi connectivity index (χ4n) is 2.36. The summed E-state index contributed by atoms with van der Waals surface area (Å²) in [5.74, 6) is -0.246. The fraction of sp³-hybridized carbons (Fsp3) is 0.105. The second kappa shape index (κ2) is 6.50. The molecule has 4 heteroatoms. The number of hydrogen-bond donors (Lipinski definition) is 1. The highest BCUT2D eigenvalue weighted by Gasteiger charge is 2.41. The molecule has 0 bridgehead atoms. The van der Waals surface area contributed by atoms with E-state index in [2.05, 4.69) is 0 Å². The van der Waals surface area contributed by atoms with Gasteiger partial charge in [0.25, 0.3) is 0 Å². The van der Waals surface area contributed by atoms with E-state index in [1.165, 1.54) is 18.6 Å². The molecule has 0 radical (unpaired) electrons. The summed E-state index contributed by atoms with van der Waals surface area (Å²) in [4.78, 5) is 12.6. The summed E-state index contributed by atoms with van der Waals surface area (Å²) in [5, 5.41) is 10.9. The summed E-state index contributed by atoms with van der Waals surface area (Å²) in [6, 6.07) is 16.0. The van der Waals surface area contributed by atoms with E-state index < -0.39 is 11.4 Å². The highest BCUT2D eigenvalue weighted by atomic mass is 16.4. The van der Waals surface area contributed by atoms with Crippen LogP contribution in [0.25, 0.3) is 6.08 Å². The number of hydrogen-bond acceptors (Lipinski definition) is 4. The molecule has 0 aliphatic heterocycles. The monoisotopic (exact) mass is 308 g/mol. The minimum Gasteiger partial charge on any atom is -0.466 e. The maximum atomic E-state index is 12.6. The molecule has 1 N–H and O–H groups in total. The van der Waals surface area contributed by atoms with Gasteiger partial charge in [-0.3, -0.25) is 4.79 Å². The van der Waals surface area contributed by atoms with Crippen molar-refractivity contribution in [1.29, 1.82) is 0 Å². The van der Waals surface area contributed by atoms with Crippen molar-refractivity contribution in [3.05, 3.63) is 90.3 Å². The van der Waals surface area contributed by atoms with Crippen molar-refractivity contribution in [3.63, 3.8) is 0 Å². The van der Waals surface area contributed by atoms with Crippen LogP contribution in [-0.4, -0.2) is 10.9 Å². The Morgan fingerprint density at radius 3 is 2.39 bits per heavy atom. The van der Waals surface area contributed by atoms with Crippen LogP contribution in [0.5, 0.6) is 0 Å². The number of Topliss-reactive ketones (excluding diaryl/α,β-unsaturated/α-hetero) is 1. The van der Waals surface area contributed by atoms with Crippen LogP contribution < -0.4 is 0 Å². The third kappa shape index (κ3) is 3.17. The van der Waals surface area contributed by atoms with E-state index in [0.29, 0.717) is 0 Å². The Hall–Kier alpha value is -2.85. The van der Waals surface area contributed by atoms with Gasteiger partial charge in [-0.1, -0.05) is 42.5 Å². The fourth-order valence-corrected chi connectivity index (χ4v) is 2.36. The highest BCUT2D eigenvalue weighted by Crippen LogP contribution is 2.30. The first-order valence-electron chi connectivity index (χ1n) is 7.26. The number of aliphatic hydroxyl groups is 1. The van der Waals surface area contributed by atoms with Crippen molar-refractivity contribution in [3.8, 4) is 0 Å². The zero-order chi connectivity index (χ0) is 16.1. The van der Waals surface area contributed by atoms with Crippen LogP contribution in [0.15, 0.2) is 82.0 Å². The zero-order valence-electron chi connectivity index (χ0n) is 12.4. The Bertz CT molecular complexity index is 770. The van der Waals surface area contributed by atoms with Gasteiger partial charge in [0.15, 0.2) is 11.4 Å². The lowest BCUT2D eigenvalue weighted by Gasteiger charge is -2.21. The normalized spacial score (nSPS) is 14.0. The Labute approximate surface area is 133 Å². The molecule has 116 valence electrons. The number of carbonyl (C=O) groups is 1. The maximum Gasteiger partial charge on any atom is 0.237 e. The third-order valence-corrected chi connectivity index (χ3v) is 3.57. The molecule has 0 fully saturated rings. The van der Waals surface area contributed by atoms with Crippen LogP contribution in [0.4, 0.5) is 0 Å². The van der Waals surface area contributed by atoms with Crippen molar-refractivity contribution in [1.82, 2.24) is 0 Å². The molecule has 0 amide bonds. The second-order valence-corrected chi connectivity index (χ2v) is 5.16. The Balaban J connectivity index is 1.87. The van der Waals surface area contributed by atoms with Gasteiger partial charge in [0.1, 0.15) is 5.76 Å².